The predicted octanol–water partition coefficient (Wildman–Crippen LogP) is 2.89. The molecule has 0 saturated carbocycles. The molecule has 2 N–H and O–H groups in total. The van der Waals surface area contributed by atoms with Gasteiger partial charge in [-0.2, -0.15) is 0 Å². The maximum absolute atomic E-state index is 13.1. The SMILES string of the molecule is O=C(NCCC1CCCNC1)C1(c2ccccc2Cl)CCOCC1. The number of amides is 1. The van der Waals surface area contributed by atoms with E-state index in [9.17, 15) is 4.79 Å². The lowest BCUT2D eigenvalue weighted by Crippen LogP contribution is -2.48. The van der Waals surface area contributed by atoms with E-state index in [1.54, 1.807) is 0 Å². The fraction of sp³-hybridized carbons (Fsp3) is 0.632. The Hall–Kier alpha value is -1.10. The molecule has 0 spiro atoms. The van der Waals surface area contributed by atoms with Crippen molar-refractivity contribution in [1.82, 2.24) is 10.6 Å². The normalized spacial score (nSPS) is 23.6. The third kappa shape index (κ3) is 3.93. The average Bonchev–Trinajstić information content (AvgIpc) is 2.63. The minimum Gasteiger partial charge on any atom is -0.381 e. The molecule has 0 aliphatic carbocycles. The number of hydrogen-bond acceptors (Lipinski definition) is 3. The van der Waals surface area contributed by atoms with Crippen LogP contribution < -0.4 is 10.6 Å². The van der Waals surface area contributed by atoms with E-state index in [0.717, 1.165) is 31.6 Å². The first-order valence-electron chi connectivity index (χ1n) is 9.04. The second-order valence-electron chi connectivity index (χ2n) is 6.93. The molecule has 5 heteroatoms. The first kappa shape index (κ1) is 17.7. The lowest BCUT2D eigenvalue weighted by molar-refractivity contribution is -0.130. The van der Waals surface area contributed by atoms with E-state index < -0.39 is 5.41 Å². The highest BCUT2D eigenvalue weighted by molar-refractivity contribution is 6.31. The number of ether oxygens (including phenoxy) is 1. The van der Waals surface area contributed by atoms with Crippen LogP contribution in [0.2, 0.25) is 5.02 Å². The van der Waals surface area contributed by atoms with Gasteiger partial charge in [0.1, 0.15) is 0 Å². The summed E-state index contributed by atoms with van der Waals surface area (Å²) in [5.74, 6) is 0.771. The Kier molecular flexibility index (Phi) is 6.14. The Morgan fingerprint density at radius 3 is 2.83 bits per heavy atom. The van der Waals surface area contributed by atoms with Crippen molar-refractivity contribution in [2.45, 2.75) is 37.5 Å². The number of halogens is 1. The average molecular weight is 351 g/mol. The number of hydrogen-bond donors (Lipinski definition) is 2. The summed E-state index contributed by atoms with van der Waals surface area (Å²) >= 11 is 6.42. The van der Waals surface area contributed by atoms with E-state index in [-0.39, 0.29) is 5.91 Å². The van der Waals surface area contributed by atoms with Gasteiger partial charge in [0, 0.05) is 24.8 Å². The van der Waals surface area contributed by atoms with Crippen LogP contribution in [-0.4, -0.2) is 38.8 Å². The van der Waals surface area contributed by atoms with Crippen LogP contribution in [0.1, 0.15) is 37.7 Å². The maximum atomic E-state index is 13.1. The van der Waals surface area contributed by atoms with Crippen molar-refractivity contribution in [3.63, 3.8) is 0 Å². The highest BCUT2D eigenvalue weighted by Crippen LogP contribution is 2.38. The van der Waals surface area contributed by atoms with Crippen LogP contribution in [0, 0.1) is 5.92 Å². The summed E-state index contributed by atoms with van der Waals surface area (Å²) in [7, 11) is 0. The highest BCUT2D eigenvalue weighted by Gasteiger charge is 2.42. The molecule has 2 fully saturated rings. The minimum atomic E-state index is -0.554. The second kappa shape index (κ2) is 8.32. The standard InChI is InChI=1S/C19H27ClN2O2/c20-17-6-2-1-5-16(17)19(8-12-24-13-9-19)18(23)22-11-7-15-4-3-10-21-14-15/h1-2,5-6,15,21H,3-4,7-14H2,(H,22,23). The summed E-state index contributed by atoms with van der Waals surface area (Å²) in [6.07, 6.45) is 4.90. The van der Waals surface area contributed by atoms with Gasteiger partial charge in [0.15, 0.2) is 0 Å². The highest BCUT2D eigenvalue weighted by atomic mass is 35.5. The molecule has 1 unspecified atom stereocenters. The van der Waals surface area contributed by atoms with Gasteiger partial charge in [0.2, 0.25) is 5.91 Å². The number of piperidine rings is 1. The molecular weight excluding hydrogens is 324 g/mol. The van der Waals surface area contributed by atoms with Crippen LogP contribution in [-0.2, 0) is 14.9 Å². The van der Waals surface area contributed by atoms with Crippen LogP contribution in [0.5, 0.6) is 0 Å². The molecule has 2 saturated heterocycles. The Morgan fingerprint density at radius 1 is 1.33 bits per heavy atom. The molecule has 0 radical (unpaired) electrons. The topological polar surface area (TPSA) is 50.4 Å². The fourth-order valence-electron chi connectivity index (χ4n) is 3.92. The van der Waals surface area contributed by atoms with Gasteiger partial charge < -0.3 is 15.4 Å². The predicted molar refractivity (Wildman–Crippen MR) is 96.4 cm³/mol. The van der Waals surface area contributed by atoms with E-state index >= 15 is 0 Å². The lowest BCUT2D eigenvalue weighted by Gasteiger charge is -2.37. The summed E-state index contributed by atoms with van der Waals surface area (Å²) in [6.45, 7) is 4.13. The minimum absolute atomic E-state index is 0.0997. The smallest absolute Gasteiger partial charge is 0.230 e. The van der Waals surface area contributed by atoms with Gasteiger partial charge in [-0.05, 0) is 62.7 Å². The third-order valence-corrected chi connectivity index (χ3v) is 5.74. The Balaban J connectivity index is 1.67. The van der Waals surface area contributed by atoms with Crippen molar-refractivity contribution in [3.05, 3.63) is 34.9 Å². The van der Waals surface area contributed by atoms with Crippen molar-refractivity contribution in [2.75, 3.05) is 32.8 Å². The number of carbonyl (C=O) groups is 1. The molecule has 1 amide bonds. The molecule has 1 aromatic rings. The molecule has 0 aromatic heterocycles. The Labute approximate surface area is 149 Å². The number of nitrogens with one attached hydrogen (secondary N) is 2. The fourth-order valence-corrected chi connectivity index (χ4v) is 4.23. The summed E-state index contributed by atoms with van der Waals surface area (Å²) < 4.78 is 5.50. The van der Waals surface area contributed by atoms with E-state index in [1.807, 2.05) is 24.3 Å². The zero-order valence-corrected chi connectivity index (χ0v) is 14.9. The zero-order valence-electron chi connectivity index (χ0n) is 14.2. The van der Waals surface area contributed by atoms with Gasteiger partial charge >= 0.3 is 0 Å². The number of rotatable bonds is 5. The van der Waals surface area contributed by atoms with Crippen LogP contribution in [0.25, 0.3) is 0 Å². The largest absolute Gasteiger partial charge is 0.381 e. The molecule has 2 heterocycles. The molecular formula is C19H27ClN2O2. The second-order valence-corrected chi connectivity index (χ2v) is 7.34. The van der Waals surface area contributed by atoms with Crippen LogP contribution in [0.15, 0.2) is 24.3 Å². The van der Waals surface area contributed by atoms with Crippen molar-refractivity contribution in [2.24, 2.45) is 5.92 Å². The number of benzene rings is 1. The van der Waals surface area contributed by atoms with Crippen molar-refractivity contribution >= 4 is 17.5 Å². The summed E-state index contributed by atoms with van der Waals surface area (Å²) in [4.78, 5) is 13.1. The van der Waals surface area contributed by atoms with Crippen molar-refractivity contribution in [1.29, 1.82) is 0 Å². The third-order valence-electron chi connectivity index (χ3n) is 5.41. The van der Waals surface area contributed by atoms with Crippen LogP contribution >= 0.6 is 11.6 Å². The molecule has 4 nitrogen and oxygen atoms in total. The van der Waals surface area contributed by atoms with E-state index in [0.29, 0.717) is 37.0 Å². The molecule has 0 bridgehead atoms. The van der Waals surface area contributed by atoms with Crippen LogP contribution in [0.3, 0.4) is 0 Å². The summed E-state index contributed by atoms with van der Waals surface area (Å²) in [6, 6.07) is 7.72. The molecule has 1 atom stereocenters. The van der Waals surface area contributed by atoms with Gasteiger partial charge in [-0.3, -0.25) is 4.79 Å². The molecule has 132 valence electrons. The maximum Gasteiger partial charge on any atom is 0.230 e. The Morgan fingerprint density at radius 2 is 2.12 bits per heavy atom. The van der Waals surface area contributed by atoms with Crippen molar-refractivity contribution < 1.29 is 9.53 Å². The van der Waals surface area contributed by atoms with Gasteiger partial charge in [0.05, 0.1) is 5.41 Å². The quantitative estimate of drug-likeness (QED) is 0.858. The Bertz CT molecular complexity index is 552. The first-order valence-corrected chi connectivity index (χ1v) is 9.42. The number of carbonyl (C=O) groups excluding carboxylic acids is 1. The molecule has 24 heavy (non-hydrogen) atoms. The molecule has 2 aliphatic heterocycles. The molecule has 1 aromatic carbocycles. The van der Waals surface area contributed by atoms with E-state index in [4.69, 9.17) is 16.3 Å². The van der Waals surface area contributed by atoms with Gasteiger partial charge in [-0.15, -0.1) is 0 Å². The zero-order chi connectivity index (χ0) is 16.8. The molecule has 3 rings (SSSR count). The van der Waals surface area contributed by atoms with E-state index in [1.165, 1.54) is 12.8 Å². The summed E-state index contributed by atoms with van der Waals surface area (Å²) in [5, 5.41) is 7.29. The summed E-state index contributed by atoms with van der Waals surface area (Å²) in [5.41, 5.74) is 0.383. The van der Waals surface area contributed by atoms with Gasteiger partial charge in [0.25, 0.3) is 0 Å². The van der Waals surface area contributed by atoms with Gasteiger partial charge in [-0.25, -0.2) is 0 Å². The lowest BCUT2D eigenvalue weighted by atomic mass is 9.73. The monoisotopic (exact) mass is 350 g/mol. The van der Waals surface area contributed by atoms with Crippen molar-refractivity contribution in [3.8, 4) is 0 Å². The van der Waals surface area contributed by atoms with E-state index in [2.05, 4.69) is 10.6 Å². The van der Waals surface area contributed by atoms with Gasteiger partial charge in [-0.1, -0.05) is 29.8 Å². The van der Waals surface area contributed by atoms with Crippen LogP contribution in [0.4, 0.5) is 0 Å². The molecule has 2 aliphatic rings. The first-order chi connectivity index (χ1) is 11.7.